The van der Waals surface area contributed by atoms with Crippen LogP contribution in [0.3, 0.4) is 0 Å². The predicted octanol–water partition coefficient (Wildman–Crippen LogP) is 2.26. The number of ether oxygens (including phenoxy) is 1. The lowest BCUT2D eigenvalue weighted by Crippen LogP contribution is -2.48. The fraction of sp³-hybridized carbons (Fsp3) is 0.450. The van der Waals surface area contributed by atoms with Crippen LogP contribution < -0.4 is 10.1 Å². The number of nitrogens with zero attached hydrogens (tertiary/aromatic N) is 2. The van der Waals surface area contributed by atoms with Crippen molar-refractivity contribution >= 4 is 18.0 Å². The highest BCUT2D eigenvalue weighted by Crippen LogP contribution is 2.34. The first-order valence-electron chi connectivity index (χ1n) is 8.89. The number of amides is 1. The van der Waals surface area contributed by atoms with E-state index in [9.17, 15) is 14.9 Å². The molecule has 2 aliphatic rings. The number of fused-ring (bicyclic) bond motifs is 2. The molecule has 2 heterocycles. The van der Waals surface area contributed by atoms with E-state index >= 15 is 0 Å². The van der Waals surface area contributed by atoms with Crippen LogP contribution in [0, 0.1) is 11.3 Å². The topological polar surface area (TPSA) is 82.4 Å². The van der Waals surface area contributed by atoms with E-state index in [1.165, 1.54) is 19.8 Å². The Hall–Kier alpha value is -2.65. The minimum atomic E-state index is -0.391. The zero-order valence-electron chi connectivity index (χ0n) is 15.1. The summed E-state index contributed by atoms with van der Waals surface area (Å²) in [6.07, 6.45) is 5.80. The Bertz CT molecular complexity index is 750. The van der Waals surface area contributed by atoms with E-state index < -0.39 is 5.97 Å². The van der Waals surface area contributed by atoms with Crippen molar-refractivity contribution in [3.8, 4) is 11.8 Å². The summed E-state index contributed by atoms with van der Waals surface area (Å²) in [6, 6.07) is 9.85. The molecule has 2 atom stereocenters. The van der Waals surface area contributed by atoms with Gasteiger partial charge in [-0.15, -0.1) is 0 Å². The van der Waals surface area contributed by atoms with Gasteiger partial charge in [-0.05, 0) is 56.5 Å². The largest absolute Gasteiger partial charge is 0.427 e. The van der Waals surface area contributed by atoms with Crippen LogP contribution in [0.4, 0.5) is 0 Å². The van der Waals surface area contributed by atoms with Gasteiger partial charge in [-0.25, -0.2) is 0 Å². The van der Waals surface area contributed by atoms with E-state index in [1.807, 2.05) is 6.07 Å². The van der Waals surface area contributed by atoms with Crippen LogP contribution in [0.2, 0.25) is 0 Å². The van der Waals surface area contributed by atoms with Crippen molar-refractivity contribution in [3.05, 3.63) is 35.4 Å². The Morgan fingerprint density at radius 2 is 1.85 bits per heavy atom. The molecule has 0 radical (unpaired) electrons. The van der Waals surface area contributed by atoms with Gasteiger partial charge in [0.05, 0.1) is 0 Å². The molecule has 0 saturated carbocycles. The molecule has 1 aromatic rings. The molecule has 136 valence electrons. The van der Waals surface area contributed by atoms with E-state index in [1.54, 1.807) is 30.3 Å². The lowest BCUT2D eigenvalue weighted by atomic mass is 9.97. The van der Waals surface area contributed by atoms with Crippen molar-refractivity contribution < 1.29 is 14.3 Å². The van der Waals surface area contributed by atoms with Crippen LogP contribution >= 0.6 is 0 Å². The molecule has 6 nitrogen and oxygen atoms in total. The standard InChI is InChI=1S/C20H23N3O3/c1-13(24)26-19-7-3-14(4-8-19)9-15(12-21)20(25)22-16-10-17-5-6-18(11-16)23(17)2/h3-4,7-9,16-18H,5-6,10-11H2,1-2H3,(H,22,25). The molecule has 2 unspecified atom stereocenters. The summed E-state index contributed by atoms with van der Waals surface area (Å²) < 4.78 is 4.98. The molecule has 1 amide bonds. The zero-order valence-corrected chi connectivity index (χ0v) is 15.1. The van der Waals surface area contributed by atoms with Crippen LogP contribution in [-0.4, -0.2) is 41.9 Å². The summed E-state index contributed by atoms with van der Waals surface area (Å²) in [5.41, 5.74) is 0.785. The highest BCUT2D eigenvalue weighted by molar-refractivity contribution is 6.01. The SMILES string of the molecule is CC(=O)Oc1ccc(C=C(C#N)C(=O)NC2CC3CCC(C2)N3C)cc1. The first-order chi connectivity index (χ1) is 12.5. The van der Waals surface area contributed by atoms with Crippen molar-refractivity contribution in [2.45, 2.75) is 50.7 Å². The lowest BCUT2D eigenvalue weighted by Gasteiger charge is -2.36. The van der Waals surface area contributed by atoms with E-state index in [4.69, 9.17) is 4.74 Å². The third-order valence-electron chi connectivity index (χ3n) is 5.25. The summed E-state index contributed by atoms with van der Waals surface area (Å²) in [7, 11) is 2.15. The Morgan fingerprint density at radius 3 is 2.38 bits per heavy atom. The molecular formula is C20H23N3O3. The molecule has 6 heteroatoms. The Morgan fingerprint density at radius 1 is 1.23 bits per heavy atom. The normalized spacial score (nSPS) is 25.4. The van der Waals surface area contributed by atoms with Gasteiger partial charge in [0.15, 0.2) is 0 Å². The molecular weight excluding hydrogens is 330 g/mol. The second-order valence-corrected chi connectivity index (χ2v) is 7.02. The third-order valence-corrected chi connectivity index (χ3v) is 5.25. The van der Waals surface area contributed by atoms with Gasteiger partial charge in [-0.1, -0.05) is 12.1 Å². The highest BCUT2D eigenvalue weighted by Gasteiger charge is 2.38. The molecule has 0 aliphatic carbocycles. The molecule has 0 aromatic heterocycles. The van der Waals surface area contributed by atoms with Crippen molar-refractivity contribution in [2.75, 3.05) is 7.05 Å². The highest BCUT2D eigenvalue weighted by atomic mass is 16.5. The second kappa shape index (κ2) is 7.71. The van der Waals surface area contributed by atoms with Gasteiger partial charge in [0.2, 0.25) is 0 Å². The van der Waals surface area contributed by atoms with Gasteiger partial charge < -0.3 is 15.0 Å². The average Bonchev–Trinajstić information content (AvgIpc) is 2.82. The van der Waals surface area contributed by atoms with Crippen molar-refractivity contribution in [1.82, 2.24) is 10.2 Å². The molecule has 1 aromatic carbocycles. The van der Waals surface area contributed by atoms with Crippen molar-refractivity contribution in [1.29, 1.82) is 5.26 Å². The average molecular weight is 353 g/mol. The first kappa shape index (κ1) is 18.2. The number of nitrogens with one attached hydrogen (secondary N) is 1. The second-order valence-electron chi connectivity index (χ2n) is 7.02. The summed E-state index contributed by atoms with van der Waals surface area (Å²) >= 11 is 0. The third kappa shape index (κ3) is 4.12. The van der Waals surface area contributed by atoms with Crippen LogP contribution in [0.25, 0.3) is 6.08 Å². The number of hydrogen-bond donors (Lipinski definition) is 1. The van der Waals surface area contributed by atoms with Gasteiger partial charge in [0.25, 0.3) is 5.91 Å². The summed E-state index contributed by atoms with van der Waals surface area (Å²) in [4.78, 5) is 25.8. The van der Waals surface area contributed by atoms with Gasteiger partial charge in [0, 0.05) is 25.0 Å². The van der Waals surface area contributed by atoms with Crippen LogP contribution in [-0.2, 0) is 9.59 Å². The number of piperidine rings is 1. The first-order valence-corrected chi connectivity index (χ1v) is 8.89. The molecule has 1 N–H and O–H groups in total. The van der Waals surface area contributed by atoms with Crippen LogP contribution in [0.5, 0.6) is 5.75 Å². The summed E-state index contributed by atoms with van der Waals surface area (Å²) in [6.45, 7) is 1.33. The Labute approximate surface area is 153 Å². The maximum absolute atomic E-state index is 12.5. The van der Waals surface area contributed by atoms with Gasteiger partial charge in [-0.2, -0.15) is 5.26 Å². The van der Waals surface area contributed by atoms with E-state index in [0.717, 1.165) is 12.8 Å². The number of carbonyl (C=O) groups excluding carboxylic acids is 2. The smallest absolute Gasteiger partial charge is 0.308 e. The van der Waals surface area contributed by atoms with E-state index in [-0.39, 0.29) is 17.5 Å². The zero-order chi connectivity index (χ0) is 18.7. The van der Waals surface area contributed by atoms with Crippen LogP contribution in [0.15, 0.2) is 29.8 Å². The van der Waals surface area contributed by atoms with E-state index in [0.29, 0.717) is 23.4 Å². The summed E-state index contributed by atoms with van der Waals surface area (Å²) in [5.74, 6) is -0.289. The lowest BCUT2D eigenvalue weighted by molar-refractivity contribution is -0.131. The minimum Gasteiger partial charge on any atom is -0.427 e. The number of carbonyl (C=O) groups is 2. The Balaban J connectivity index is 1.64. The predicted molar refractivity (Wildman–Crippen MR) is 97.1 cm³/mol. The van der Waals surface area contributed by atoms with Gasteiger partial charge >= 0.3 is 5.97 Å². The quantitative estimate of drug-likeness (QED) is 0.389. The maximum Gasteiger partial charge on any atom is 0.308 e. The number of benzene rings is 1. The van der Waals surface area contributed by atoms with Gasteiger partial charge in [-0.3, -0.25) is 9.59 Å². The molecule has 3 rings (SSSR count). The van der Waals surface area contributed by atoms with Crippen molar-refractivity contribution in [3.63, 3.8) is 0 Å². The number of hydrogen-bond acceptors (Lipinski definition) is 5. The number of rotatable bonds is 4. The minimum absolute atomic E-state index is 0.0801. The van der Waals surface area contributed by atoms with Gasteiger partial charge in [0.1, 0.15) is 17.4 Å². The molecule has 26 heavy (non-hydrogen) atoms. The number of esters is 1. The van der Waals surface area contributed by atoms with Crippen molar-refractivity contribution in [2.24, 2.45) is 0 Å². The number of nitriles is 1. The fourth-order valence-electron chi connectivity index (χ4n) is 3.91. The molecule has 2 saturated heterocycles. The Kier molecular flexibility index (Phi) is 5.38. The fourth-order valence-corrected chi connectivity index (χ4v) is 3.91. The molecule has 2 bridgehead atoms. The maximum atomic E-state index is 12.5. The van der Waals surface area contributed by atoms with Crippen LogP contribution in [0.1, 0.15) is 38.2 Å². The molecule has 0 spiro atoms. The monoisotopic (exact) mass is 353 g/mol. The van der Waals surface area contributed by atoms with E-state index in [2.05, 4.69) is 17.3 Å². The summed E-state index contributed by atoms with van der Waals surface area (Å²) in [5, 5.41) is 12.4. The molecule has 2 aliphatic heterocycles. The molecule has 2 fully saturated rings.